The van der Waals surface area contributed by atoms with Gasteiger partial charge < -0.3 is 10.1 Å². The van der Waals surface area contributed by atoms with Crippen LogP contribution in [0.2, 0.25) is 0 Å². The van der Waals surface area contributed by atoms with E-state index in [1.54, 1.807) is 12.1 Å². The minimum atomic E-state index is -0.671. The number of imide groups is 1. The molecule has 1 N–H and O–H groups in total. The lowest BCUT2D eigenvalue weighted by atomic mass is 10.1. The molecule has 176 valence electrons. The zero-order chi connectivity index (χ0) is 25.3. The average molecular weight is 492 g/mol. The predicted octanol–water partition coefficient (Wildman–Crippen LogP) is 4.87. The summed E-state index contributed by atoms with van der Waals surface area (Å²) in [6, 6.07) is 16.5. The normalized spacial score (nSPS) is 13.3. The third-order valence-corrected chi connectivity index (χ3v) is 5.49. The van der Waals surface area contributed by atoms with Crippen molar-refractivity contribution in [3.63, 3.8) is 0 Å². The Morgan fingerprint density at radius 1 is 0.943 bits per heavy atom. The summed E-state index contributed by atoms with van der Waals surface area (Å²) >= 11 is 6.19. The van der Waals surface area contributed by atoms with Crippen LogP contribution in [0.5, 0.6) is 5.75 Å². The molecular formula is C25H18ClN3O6. The summed E-state index contributed by atoms with van der Waals surface area (Å²) in [5, 5.41) is 13.3. The Morgan fingerprint density at radius 3 is 2.11 bits per heavy atom. The summed E-state index contributed by atoms with van der Waals surface area (Å²) in [6.45, 7) is 3.73. The number of nitrogens with one attached hydrogen (secondary N) is 1. The molecule has 0 aliphatic carbocycles. The first-order valence-corrected chi connectivity index (χ1v) is 10.7. The van der Waals surface area contributed by atoms with Crippen LogP contribution in [-0.4, -0.2) is 22.7 Å². The molecule has 0 atom stereocenters. The van der Waals surface area contributed by atoms with Gasteiger partial charge in [0.1, 0.15) is 16.5 Å². The predicted molar refractivity (Wildman–Crippen MR) is 129 cm³/mol. The van der Waals surface area contributed by atoms with Crippen molar-refractivity contribution >= 4 is 46.4 Å². The van der Waals surface area contributed by atoms with Crippen molar-refractivity contribution in [2.24, 2.45) is 0 Å². The first-order valence-electron chi connectivity index (χ1n) is 10.3. The summed E-state index contributed by atoms with van der Waals surface area (Å²) in [6.07, 6.45) is 0. The molecule has 0 saturated carbocycles. The number of rotatable bonds is 6. The second-order valence-electron chi connectivity index (χ2n) is 7.82. The highest BCUT2D eigenvalue weighted by Crippen LogP contribution is 2.31. The molecule has 35 heavy (non-hydrogen) atoms. The van der Waals surface area contributed by atoms with Crippen molar-refractivity contribution in [2.45, 2.75) is 13.8 Å². The Bertz CT molecular complexity index is 1380. The van der Waals surface area contributed by atoms with Crippen molar-refractivity contribution in [3.05, 3.63) is 104 Å². The molecule has 9 nitrogen and oxygen atoms in total. The smallest absolute Gasteiger partial charge is 0.343 e. The lowest BCUT2D eigenvalue weighted by molar-refractivity contribution is -0.384. The lowest BCUT2D eigenvalue weighted by Gasteiger charge is -2.16. The second kappa shape index (κ2) is 9.40. The Balaban J connectivity index is 1.47. The monoisotopic (exact) mass is 491 g/mol. The standard InChI is InChI=1S/C25H18ClN3O6/c1-14-11-15(2)13-19(12-14)28-23(30)21(26)22(24(28)31)27-17-5-3-16(4-6-17)25(32)35-20-9-7-18(8-10-20)29(33)34/h3-13,27H,1-2H3. The number of ether oxygens (including phenoxy) is 1. The van der Waals surface area contributed by atoms with E-state index in [1.807, 2.05) is 19.9 Å². The summed E-state index contributed by atoms with van der Waals surface area (Å²) in [7, 11) is 0. The van der Waals surface area contributed by atoms with Crippen molar-refractivity contribution in [1.29, 1.82) is 0 Å². The second-order valence-corrected chi connectivity index (χ2v) is 8.20. The molecule has 1 aliphatic heterocycles. The fourth-order valence-corrected chi connectivity index (χ4v) is 3.77. The number of nitro groups is 1. The van der Waals surface area contributed by atoms with Crippen molar-refractivity contribution in [3.8, 4) is 5.75 Å². The molecule has 0 fully saturated rings. The van der Waals surface area contributed by atoms with Crippen LogP contribution in [0.3, 0.4) is 0 Å². The summed E-state index contributed by atoms with van der Waals surface area (Å²) in [4.78, 5) is 49.2. The van der Waals surface area contributed by atoms with Crippen LogP contribution in [0, 0.1) is 24.0 Å². The maximum absolute atomic E-state index is 13.0. The maximum Gasteiger partial charge on any atom is 0.343 e. The van der Waals surface area contributed by atoms with Crippen molar-refractivity contribution in [1.82, 2.24) is 0 Å². The zero-order valence-corrected chi connectivity index (χ0v) is 19.3. The van der Waals surface area contributed by atoms with Gasteiger partial charge in [0.15, 0.2) is 0 Å². The quantitative estimate of drug-likeness (QED) is 0.172. The molecule has 0 bridgehead atoms. The number of carbonyl (C=O) groups excluding carboxylic acids is 3. The van der Waals surface area contributed by atoms with E-state index in [9.17, 15) is 24.5 Å². The van der Waals surface area contributed by atoms with Gasteiger partial charge in [0.05, 0.1) is 16.2 Å². The molecule has 3 aromatic rings. The number of non-ortho nitro benzene ring substituents is 1. The topological polar surface area (TPSA) is 119 Å². The van der Waals surface area contributed by atoms with Gasteiger partial charge in [-0.1, -0.05) is 17.7 Å². The zero-order valence-electron chi connectivity index (χ0n) is 18.6. The number of amides is 2. The maximum atomic E-state index is 13.0. The molecule has 3 aromatic carbocycles. The van der Waals surface area contributed by atoms with Gasteiger partial charge in [-0.3, -0.25) is 19.7 Å². The van der Waals surface area contributed by atoms with E-state index < -0.39 is 22.7 Å². The minimum Gasteiger partial charge on any atom is -0.423 e. The number of anilines is 2. The molecule has 0 unspecified atom stereocenters. The Hall–Kier alpha value is -4.50. The highest BCUT2D eigenvalue weighted by atomic mass is 35.5. The average Bonchev–Trinajstić information content (AvgIpc) is 3.02. The van der Waals surface area contributed by atoms with Gasteiger partial charge in [0.2, 0.25) is 0 Å². The number of benzene rings is 3. The molecule has 0 spiro atoms. The molecule has 2 amide bonds. The van der Waals surface area contributed by atoms with E-state index in [2.05, 4.69) is 5.32 Å². The summed E-state index contributed by atoms with van der Waals surface area (Å²) < 4.78 is 5.22. The molecule has 0 radical (unpaired) electrons. The molecule has 1 heterocycles. The Morgan fingerprint density at radius 2 is 1.54 bits per heavy atom. The number of halogens is 1. The van der Waals surface area contributed by atoms with Crippen molar-refractivity contribution in [2.75, 3.05) is 10.2 Å². The largest absolute Gasteiger partial charge is 0.423 e. The van der Waals surface area contributed by atoms with Crippen LogP contribution in [0.25, 0.3) is 0 Å². The fourth-order valence-electron chi connectivity index (χ4n) is 3.56. The number of hydrogen-bond donors (Lipinski definition) is 1. The van der Waals surface area contributed by atoms with Crippen LogP contribution in [0.1, 0.15) is 21.5 Å². The van der Waals surface area contributed by atoms with Gasteiger partial charge in [0, 0.05) is 17.8 Å². The van der Waals surface area contributed by atoms with E-state index in [4.69, 9.17) is 16.3 Å². The van der Waals surface area contributed by atoms with E-state index in [0.29, 0.717) is 11.4 Å². The third kappa shape index (κ3) is 4.90. The van der Waals surface area contributed by atoms with Gasteiger partial charge in [-0.2, -0.15) is 0 Å². The fraction of sp³-hybridized carbons (Fsp3) is 0.0800. The van der Waals surface area contributed by atoms with E-state index in [-0.39, 0.29) is 27.7 Å². The molecule has 0 aromatic heterocycles. The van der Waals surface area contributed by atoms with Gasteiger partial charge in [-0.25, -0.2) is 9.69 Å². The molecule has 0 saturated heterocycles. The van der Waals surface area contributed by atoms with Gasteiger partial charge in [-0.05, 0) is 73.5 Å². The van der Waals surface area contributed by atoms with E-state index in [0.717, 1.165) is 16.0 Å². The minimum absolute atomic E-state index is 0.0722. The van der Waals surface area contributed by atoms with E-state index in [1.165, 1.54) is 48.5 Å². The number of nitrogens with zero attached hydrogens (tertiary/aromatic N) is 2. The Labute approximate surface area is 204 Å². The first kappa shape index (κ1) is 23.7. The van der Waals surface area contributed by atoms with Gasteiger partial charge in [0.25, 0.3) is 17.5 Å². The third-order valence-electron chi connectivity index (χ3n) is 5.14. The molecule has 1 aliphatic rings. The summed E-state index contributed by atoms with van der Waals surface area (Å²) in [5.41, 5.74) is 2.66. The van der Waals surface area contributed by atoms with Crippen LogP contribution in [0.15, 0.2) is 77.5 Å². The molecular weight excluding hydrogens is 474 g/mol. The van der Waals surface area contributed by atoms with E-state index >= 15 is 0 Å². The molecule has 10 heteroatoms. The van der Waals surface area contributed by atoms with Crippen molar-refractivity contribution < 1.29 is 24.0 Å². The van der Waals surface area contributed by atoms with Gasteiger partial charge in [-0.15, -0.1) is 0 Å². The SMILES string of the molecule is Cc1cc(C)cc(N2C(=O)C(Cl)=C(Nc3ccc(C(=O)Oc4ccc([N+](=O)[O-])cc4)cc3)C2=O)c1. The number of aryl methyl sites for hydroxylation is 2. The van der Waals surface area contributed by atoms with Gasteiger partial charge >= 0.3 is 5.97 Å². The highest BCUT2D eigenvalue weighted by Gasteiger charge is 2.39. The number of esters is 1. The number of carbonyl (C=O) groups is 3. The van der Waals surface area contributed by atoms with Crippen LogP contribution in [0.4, 0.5) is 17.1 Å². The van der Waals surface area contributed by atoms with Crippen LogP contribution < -0.4 is 15.0 Å². The molecule has 4 rings (SSSR count). The number of hydrogen-bond acceptors (Lipinski definition) is 7. The van der Waals surface area contributed by atoms with Crippen LogP contribution in [-0.2, 0) is 9.59 Å². The number of nitro benzene ring substituents is 1. The first-order chi connectivity index (χ1) is 16.6. The lowest BCUT2D eigenvalue weighted by Crippen LogP contribution is -2.32. The highest BCUT2D eigenvalue weighted by molar-refractivity contribution is 6.53. The summed E-state index contributed by atoms with van der Waals surface area (Å²) in [5.74, 6) is -1.74. The Kier molecular flexibility index (Phi) is 6.35. The van der Waals surface area contributed by atoms with Crippen LogP contribution >= 0.6 is 11.6 Å².